The van der Waals surface area contributed by atoms with Crippen LogP contribution in [0.4, 0.5) is 21.8 Å². The van der Waals surface area contributed by atoms with Gasteiger partial charge in [0.2, 0.25) is 0 Å². The highest BCUT2D eigenvalue weighted by Gasteiger charge is 2.12. The summed E-state index contributed by atoms with van der Waals surface area (Å²) in [7, 11) is 0. The summed E-state index contributed by atoms with van der Waals surface area (Å²) in [6.07, 6.45) is 8.73. The van der Waals surface area contributed by atoms with E-state index in [9.17, 15) is 4.39 Å². The molecule has 158 valence electrons. The van der Waals surface area contributed by atoms with Crippen LogP contribution in [0.15, 0.2) is 67.4 Å². The molecule has 0 bridgehead atoms. The first-order chi connectivity index (χ1) is 15.0. The zero-order valence-electron chi connectivity index (χ0n) is 17.6. The van der Waals surface area contributed by atoms with Gasteiger partial charge in [-0.3, -0.25) is 9.67 Å². The number of halogens is 1. The standard InChI is InChI=1S/C23H24FN7/c1-15(2)31-14-19(12-27-31)18-10-21(28-16(3)17-4-6-20(24)7-5-17)29-22(11-18)30-23-13-25-8-9-26-23/h4-16H,1-3H3,(H2,26,28,29,30). The molecule has 31 heavy (non-hydrogen) atoms. The average molecular weight is 417 g/mol. The Balaban J connectivity index is 1.67. The molecule has 7 nitrogen and oxygen atoms in total. The Morgan fingerprint density at radius 2 is 1.68 bits per heavy atom. The Bertz CT molecular complexity index is 1140. The predicted octanol–water partition coefficient (Wildman–Crippen LogP) is 5.37. The summed E-state index contributed by atoms with van der Waals surface area (Å²) in [5.74, 6) is 1.65. The van der Waals surface area contributed by atoms with Gasteiger partial charge in [0.05, 0.1) is 12.4 Å². The minimum absolute atomic E-state index is 0.0638. The summed E-state index contributed by atoms with van der Waals surface area (Å²) < 4.78 is 15.2. The molecule has 1 atom stereocenters. The lowest BCUT2D eigenvalue weighted by Crippen LogP contribution is -2.09. The van der Waals surface area contributed by atoms with Gasteiger partial charge in [0.25, 0.3) is 0 Å². The van der Waals surface area contributed by atoms with E-state index in [0.717, 1.165) is 16.7 Å². The van der Waals surface area contributed by atoms with Gasteiger partial charge in [0.1, 0.15) is 23.3 Å². The second-order valence-electron chi connectivity index (χ2n) is 7.56. The van der Waals surface area contributed by atoms with Crippen LogP contribution in [0, 0.1) is 5.82 Å². The lowest BCUT2D eigenvalue weighted by molar-refractivity contribution is 0.532. The summed E-state index contributed by atoms with van der Waals surface area (Å²) in [5.41, 5.74) is 2.91. The smallest absolute Gasteiger partial charge is 0.150 e. The minimum Gasteiger partial charge on any atom is -0.363 e. The number of nitrogens with zero attached hydrogens (tertiary/aromatic N) is 5. The molecule has 0 aliphatic heterocycles. The lowest BCUT2D eigenvalue weighted by atomic mass is 10.1. The number of nitrogens with one attached hydrogen (secondary N) is 2. The van der Waals surface area contributed by atoms with Crippen molar-refractivity contribution in [3.63, 3.8) is 0 Å². The number of benzene rings is 1. The van der Waals surface area contributed by atoms with Crippen molar-refractivity contribution in [1.29, 1.82) is 0 Å². The summed E-state index contributed by atoms with van der Waals surface area (Å²) in [6.45, 7) is 6.18. The fourth-order valence-corrected chi connectivity index (χ4v) is 3.16. The topological polar surface area (TPSA) is 80.5 Å². The second-order valence-corrected chi connectivity index (χ2v) is 7.56. The van der Waals surface area contributed by atoms with Crippen LogP contribution in [0.3, 0.4) is 0 Å². The Morgan fingerprint density at radius 3 is 2.35 bits per heavy atom. The van der Waals surface area contributed by atoms with Crippen molar-refractivity contribution >= 4 is 17.5 Å². The Kier molecular flexibility index (Phi) is 5.88. The normalized spacial score (nSPS) is 12.0. The van der Waals surface area contributed by atoms with Crippen LogP contribution < -0.4 is 10.6 Å². The van der Waals surface area contributed by atoms with Crippen molar-refractivity contribution in [2.75, 3.05) is 10.6 Å². The van der Waals surface area contributed by atoms with Crippen LogP contribution in [-0.2, 0) is 0 Å². The first-order valence-corrected chi connectivity index (χ1v) is 10.1. The molecule has 3 heterocycles. The molecule has 1 unspecified atom stereocenters. The maximum absolute atomic E-state index is 13.3. The Labute approximate surface area is 180 Å². The molecular formula is C23H24FN7. The third-order valence-electron chi connectivity index (χ3n) is 4.84. The molecule has 0 radical (unpaired) electrons. The fraction of sp³-hybridized carbons (Fsp3) is 0.217. The van der Waals surface area contributed by atoms with E-state index in [4.69, 9.17) is 0 Å². The number of pyridine rings is 1. The lowest BCUT2D eigenvalue weighted by Gasteiger charge is -2.17. The molecule has 8 heteroatoms. The molecule has 1 aromatic carbocycles. The Morgan fingerprint density at radius 1 is 0.903 bits per heavy atom. The molecule has 4 rings (SSSR count). The van der Waals surface area contributed by atoms with Gasteiger partial charge < -0.3 is 10.6 Å². The van der Waals surface area contributed by atoms with Gasteiger partial charge in [-0.15, -0.1) is 0 Å². The average Bonchev–Trinajstić information content (AvgIpc) is 3.25. The zero-order valence-corrected chi connectivity index (χ0v) is 17.6. The maximum Gasteiger partial charge on any atom is 0.150 e. The predicted molar refractivity (Wildman–Crippen MR) is 120 cm³/mol. The third-order valence-corrected chi connectivity index (χ3v) is 4.84. The van der Waals surface area contributed by atoms with Gasteiger partial charge in [-0.2, -0.15) is 5.10 Å². The van der Waals surface area contributed by atoms with Gasteiger partial charge in [-0.05, 0) is 56.2 Å². The Hall–Kier alpha value is -3.81. The molecule has 0 saturated carbocycles. The summed E-state index contributed by atoms with van der Waals surface area (Å²) in [6, 6.07) is 10.6. The highest BCUT2D eigenvalue weighted by molar-refractivity contribution is 5.71. The number of anilines is 3. The number of aromatic nitrogens is 5. The van der Waals surface area contributed by atoms with E-state index < -0.39 is 0 Å². The molecule has 4 aromatic rings. The van der Waals surface area contributed by atoms with Crippen molar-refractivity contribution in [2.24, 2.45) is 0 Å². The second kappa shape index (κ2) is 8.91. The van der Waals surface area contributed by atoms with E-state index in [1.807, 2.05) is 36.1 Å². The van der Waals surface area contributed by atoms with Crippen LogP contribution in [0.1, 0.15) is 38.4 Å². The first-order valence-electron chi connectivity index (χ1n) is 10.1. The third kappa shape index (κ3) is 5.03. The number of rotatable bonds is 7. The molecule has 3 aromatic heterocycles. The van der Waals surface area contributed by atoms with Gasteiger partial charge >= 0.3 is 0 Å². The van der Waals surface area contributed by atoms with Crippen LogP contribution in [-0.4, -0.2) is 24.7 Å². The van der Waals surface area contributed by atoms with E-state index >= 15 is 0 Å². The molecule has 0 aliphatic carbocycles. The zero-order chi connectivity index (χ0) is 21.8. The van der Waals surface area contributed by atoms with Crippen LogP contribution in [0.2, 0.25) is 0 Å². The molecule has 0 spiro atoms. The van der Waals surface area contributed by atoms with Gasteiger partial charge in [-0.25, -0.2) is 14.4 Å². The molecule has 0 fully saturated rings. The minimum atomic E-state index is -0.256. The van der Waals surface area contributed by atoms with Crippen molar-refractivity contribution in [3.05, 3.63) is 78.8 Å². The van der Waals surface area contributed by atoms with Crippen molar-refractivity contribution in [1.82, 2.24) is 24.7 Å². The maximum atomic E-state index is 13.3. The summed E-state index contributed by atoms with van der Waals surface area (Å²) in [5, 5.41) is 11.1. The molecular weight excluding hydrogens is 393 g/mol. The van der Waals surface area contributed by atoms with Crippen molar-refractivity contribution < 1.29 is 4.39 Å². The quantitative estimate of drug-likeness (QED) is 0.421. The van der Waals surface area contributed by atoms with Gasteiger partial charge in [0, 0.05) is 36.2 Å². The van der Waals surface area contributed by atoms with Crippen LogP contribution in [0.25, 0.3) is 11.1 Å². The number of hydrogen-bond acceptors (Lipinski definition) is 6. The molecule has 0 aliphatic rings. The number of hydrogen-bond donors (Lipinski definition) is 2. The first kappa shape index (κ1) is 20.5. The van der Waals surface area contributed by atoms with Gasteiger partial charge in [-0.1, -0.05) is 12.1 Å². The van der Waals surface area contributed by atoms with Gasteiger partial charge in [0.15, 0.2) is 0 Å². The highest BCUT2D eigenvalue weighted by atomic mass is 19.1. The van der Waals surface area contributed by atoms with E-state index in [2.05, 4.69) is 44.5 Å². The fourth-order valence-electron chi connectivity index (χ4n) is 3.16. The van der Waals surface area contributed by atoms with Crippen molar-refractivity contribution in [2.45, 2.75) is 32.9 Å². The van der Waals surface area contributed by atoms with Crippen molar-refractivity contribution in [3.8, 4) is 11.1 Å². The van der Waals surface area contributed by atoms with E-state index in [-0.39, 0.29) is 17.9 Å². The molecule has 2 N–H and O–H groups in total. The van der Waals surface area contributed by atoms with Crippen LogP contribution >= 0.6 is 0 Å². The monoisotopic (exact) mass is 417 g/mol. The summed E-state index contributed by atoms with van der Waals surface area (Å²) >= 11 is 0. The SMILES string of the molecule is CC(Nc1cc(-c2cnn(C(C)C)c2)cc(Nc2cnccn2)n1)c1ccc(F)cc1. The van der Waals surface area contributed by atoms with E-state index in [1.165, 1.54) is 12.1 Å². The molecule has 0 amide bonds. The largest absolute Gasteiger partial charge is 0.363 e. The van der Waals surface area contributed by atoms with Crippen LogP contribution in [0.5, 0.6) is 0 Å². The van der Waals surface area contributed by atoms with E-state index in [0.29, 0.717) is 17.5 Å². The van der Waals surface area contributed by atoms with E-state index in [1.54, 1.807) is 30.7 Å². The summed E-state index contributed by atoms with van der Waals surface area (Å²) in [4.78, 5) is 13.0. The highest BCUT2D eigenvalue weighted by Crippen LogP contribution is 2.28. The molecule has 0 saturated heterocycles.